The maximum atomic E-state index is 10.7. The molecule has 4 unspecified atom stereocenters. The van der Waals surface area contributed by atoms with Gasteiger partial charge in [0.05, 0.1) is 6.10 Å². The zero-order valence-electron chi connectivity index (χ0n) is 20.2. The SMILES string of the molecule is CC(C)c1ccc2c(c1)CCC1C2(C)CCCC1(C)N(C)CCC(O)c1ccccc1. The Morgan fingerprint density at radius 3 is 2.48 bits per heavy atom. The first-order valence-electron chi connectivity index (χ1n) is 12.3. The van der Waals surface area contributed by atoms with E-state index in [0.29, 0.717) is 11.8 Å². The van der Waals surface area contributed by atoms with Crippen LogP contribution in [0.1, 0.15) is 94.1 Å². The highest BCUT2D eigenvalue weighted by atomic mass is 16.3. The summed E-state index contributed by atoms with van der Waals surface area (Å²) in [5.74, 6) is 1.25. The molecule has 2 heteroatoms. The van der Waals surface area contributed by atoms with Crippen LogP contribution in [-0.4, -0.2) is 29.1 Å². The van der Waals surface area contributed by atoms with Crippen molar-refractivity contribution in [3.63, 3.8) is 0 Å². The van der Waals surface area contributed by atoms with Gasteiger partial charge in [-0.3, -0.25) is 0 Å². The van der Waals surface area contributed by atoms with Crippen LogP contribution < -0.4 is 0 Å². The number of hydrogen-bond acceptors (Lipinski definition) is 2. The highest BCUT2D eigenvalue weighted by molar-refractivity contribution is 5.42. The lowest BCUT2D eigenvalue weighted by atomic mass is 9.52. The van der Waals surface area contributed by atoms with Crippen LogP contribution in [0.4, 0.5) is 0 Å². The molecule has 4 rings (SSSR count). The fourth-order valence-electron chi connectivity index (χ4n) is 6.71. The highest BCUT2D eigenvalue weighted by Gasteiger charge is 2.53. The van der Waals surface area contributed by atoms with Crippen molar-refractivity contribution >= 4 is 0 Å². The largest absolute Gasteiger partial charge is 0.388 e. The minimum atomic E-state index is -0.385. The molecule has 168 valence electrons. The molecule has 31 heavy (non-hydrogen) atoms. The molecule has 2 aromatic carbocycles. The lowest BCUT2D eigenvalue weighted by Gasteiger charge is -2.58. The van der Waals surface area contributed by atoms with E-state index in [1.807, 2.05) is 30.3 Å². The summed E-state index contributed by atoms with van der Waals surface area (Å²) < 4.78 is 0. The molecule has 0 amide bonds. The predicted octanol–water partition coefficient (Wildman–Crippen LogP) is 6.63. The van der Waals surface area contributed by atoms with E-state index in [1.165, 1.54) is 37.7 Å². The fourth-order valence-corrected chi connectivity index (χ4v) is 6.71. The molecule has 0 spiro atoms. The summed E-state index contributed by atoms with van der Waals surface area (Å²) in [6.07, 6.45) is 6.70. The second-order valence-electron chi connectivity index (χ2n) is 10.9. The van der Waals surface area contributed by atoms with Crippen molar-refractivity contribution in [3.8, 4) is 0 Å². The van der Waals surface area contributed by atoms with E-state index in [0.717, 1.165) is 18.5 Å². The van der Waals surface area contributed by atoms with Gasteiger partial charge in [0.2, 0.25) is 0 Å². The van der Waals surface area contributed by atoms with Crippen molar-refractivity contribution in [2.45, 2.75) is 89.2 Å². The molecule has 1 N–H and O–H groups in total. The maximum Gasteiger partial charge on any atom is 0.0802 e. The number of rotatable bonds is 6. The Morgan fingerprint density at radius 2 is 1.77 bits per heavy atom. The van der Waals surface area contributed by atoms with Gasteiger partial charge in [0.1, 0.15) is 0 Å². The number of aliphatic hydroxyl groups is 1. The highest BCUT2D eigenvalue weighted by Crippen LogP contribution is 2.55. The van der Waals surface area contributed by atoms with E-state index in [4.69, 9.17) is 0 Å². The Bertz CT molecular complexity index is 891. The number of benzene rings is 2. The normalized spacial score (nSPS) is 29.0. The summed E-state index contributed by atoms with van der Waals surface area (Å²) in [7, 11) is 2.29. The zero-order chi connectivity index (χ0) is 22.2. The van der Waals surface area contributed by atoms with E-state index in [9.17, 15) is 5.11 Å². The molecule has 2 nitrogen and oxygen atoms in total. The predicted molar refractivity (Wildman–Crippen MR) is 131 cm³/mol. The van der Waals surface area contributed by atoms with Crippen LogP contribution in [0.5, 0.6) is 0 Å². The van der Waals surface area contributed by atoms with Gasteiger partial charge in [-0.1, -0.05) is 75.7 Å². The lowest BCUT2D eigenvalue weighted by molar-refractivity contribution is -0.0258. The average Bonchev–Trinajstić information content (AvgIpc) is 2.77. The summed E-state index contributed by atoms with van der Waals surface area (Å²) in [5, 5.41) is 10.7. The third-order valence-corrected chi connectivity index (χ3v) is 8.81. The maximum absolute atomic E-state index is 10.7. The molecule has 2 aliphatic carbocycles. The van der Waals surface area contributed by atoms with Gasteiger partial charge in [-0.15, -0.1) is 0 Å². The van der Waals surface area contributed by atoms with Gasteiger partial charge in [0.25, 0.3) is 0 Å². The Kier molecular flexibility index (Phi) is 6.34. The Morgan fingerprint density at radius 1 is 1.03 bits per heavy atom. The Balaban J connectivity index is 1.54. The smallest absolute Gasteiger partial charge is 0.0802 e. The van der Waals surface area contributed by atoms with Crippen molar-refractivity contribution in [1.82, 2.24) is 4.90 Å². The van der Waals surface area contributed by atoms with E-state index >= 15 is 0 Å². The van der Waals surface area contributed by atoms with Gasteiger partial charge in [0, 0.05) is 12.1 Å². The minimum Gasteiger partial charge on any atom is -0.388 e. The molecule has 0 radical (unpaired) electrons. The van der Waals surface area contributed by atoms with Crippen LogP contribution in [0.15, 0.2) is 48.5 Å². The quantitative estimate of drug-likeness (QED) is 0.568. The van der Waals surface area contributed by atoms with Crippen molar-refractivity contribution in [2.75, 3.05) is 13.6 Å². The Labute approximate surface area is 189 Å². The molecule has 0 heterocycles. The first-order valence-corrected chi connectivity index (χ1v) is 12.3. The van der Waals surface area contributed by atoms with Crippen molar-refractivity contribution in [1.29, 1.82) is 0 Å². The first-order chi connectivity index (χ1) is 14.8. The number of aliphatic hydroxyl groups excluding tert-OH is 1. The fraction of sp³-hybridized carbons (Fsp3) is 0.586. The third-order valence-electron chi connectivity index (χ3n) is 8.81. The van der Waals surface area contributed by atoms with Crippen molar-refractivity contribution in [3.05, 3.63) is 70.8 Å². The topological polar surface area (TPSA) is 23.5 Å². The first kappa shape index (κ1) is 22.6. The second kappa shape index (κ2) is 8.71. The zero-order valence-corrected chi connectivity index (χ0v) is 20.2. The summed E-state index contributed by atoms with van der Waals surface area (Å²) in [4.78, 5) is 2.58. The molecule has 2 aromatic rings. The molecule has 1 fully saturated rings. The molecule has 2 aliphatic rings. The molecular formula is C29H41NO. The number of fused-ring (bicyclic) bond motifs is 3. The van der Waals surface area contributed by atoms with Crippen LogP contribution in [0.2, 0.25) is 0 Å². The van der Waals surface area contributed by atoms with Crippen molar-refractivity contribution < 1.29 is 5.11 Å². The Hall–Kier alpha value is -1.64. The second-order valence-corrected chi connectivity index (χ2v) is 10.9. The van der Waals surface area contributed by atoms with Gasteiger partial charge < -0.3 is 10.0 Å². The minimum absolute atomic E-state index is 0.178. The van der Waals surface area contributed by atoms with Gasteiger partial charge in [-0.2, -0.15) is 0 Å². The van der Waals surface area contributed by atoms with Crippen LogP contribution in [-0.2, 0) is 11.8 Å². The molecule has 0 bridgehead atoms. The van der Waals surface area contributed by atoms with Gasteiger partial charge in [-0.25, -0.2) is 0 Å². The van der Waals surface area contributed by atoms with Crippen LogP contribution in [0.3, 0.4) is 0 Å². The van der Waals surface area contributed by atoms with Crippen LogP contribution in [0, 0.1) is 5.92 Å². The van der Waals surface area contributed by atoms with E-state index < -0.39 is 0 Å². The lowest BCUT2D eigenvalue weighted by Crippen LogP contribution is -2.60. The third kappa shape index (κ3) is 4.10. The molecule has 1 saturated carbocycles. The monoisotopic (exact) mass is 419 g/mol. The van der Waals surface area contributed by atoms with E-state index in [2.05, 4.69) is 57.8 Å². The average molecular weight is 420 g/mol. The summed E-state index contributed by atoms with van der Waals surface area (Å²) in [6, 6.07) is 17.4. The van der Waals surface area contributed by atoms with Crippen molar-refractivity contribution in [2.24, 2.45) is 5.92 Å². The number of nitrogens with zero attached hydrogens (tertiary/aromatic N) is 1. The molecule has 0 saturated heterocycles. The summed E-state index contributed by atoms with van der Waals surface area (Å²) in [5.41, 5.74) is 6.14. The number of aryl methyl sites for hydroxylation is 1. The molecule has 0 aliphatic heterocycles. The van der Waals surface area contributed by atoms with E-state index in [-0.39, 0.29) is 17.1 Å². The van der Waals surface area contributed by atoms with Gasteiger partial charge in [0.15, 0.2) is 0 Å². The van der Waals surface area contributed by atoms with Crippen LogP contribution >= 0.6 is 0 Å². The summed E-state index contributed by atoms with van der Waals surface area (Å²) in [6.45, 7) is 10.6. The molecule has 4 atom stereocenters. The standard InChI is InChI=1S/C29H41NO/c1-21(2)23-12-14-25-24(20-23)13-15-27-28(25,3)17-9-18-29(27,4)30(5)19-16-26(31)22-10-7-6-8-11-22/h6-8,10-12,14,20-21,26-27,31H,9,13,15-19H2,1-5H3. The number of hydrogen-bond donors (Lipinski definition) is 1. The molecular weight excluding hydrogens is 378 g/mol. The molecule has 0 aromatic heterocycles. The van der Waals surface area contributed by atoms with Gasteiger partial charge >= 0.3 is 0 Å². The van der Waals surface area contributed by atoms with Crippen LogP contribution in [0.25, 0.3) is 0 Å². The summed E-state index contributed by atoms with van der Waals surface area (Å²) >= 11 is 0. The van der Waals surface area contributed by atoms with E-state index in [1.54, 1.807) is 11.1 Å². The van der Waals surface area contributed by atoms with Gasteiger partial charge in [-0.05, 0) is 85.6 Å².